The van der Waals surface area contributed by atoms with Crippen molar-refractivity contribution in [2.75, 3.05) is 58.7 Å². The molecule has 0 saturated carbocycles. The number of piperazine rings is 1. The molecular formula is C31H50N6O9S. The van der Waals surface area contributed by atoms with Crippen LogP contribution in [0.1, 0.15) is 52.5 Å². The van der Waals surface area contributed by atoms with E-state index in [2.05, 4.69) is 19.9 Å². The molecule has 3 rings (SSSR count). The third-order valence-electron chi connectivity index (χ3n) is 7.54. The van der Waals surface area contributed by atoms with Crippen LogP contribution in [0.2, 0.25) is 0 Å². The fourth-order valence-electron chi connectivity index (χ4n) is 5.12. The summed E-state index contributed by atoms with van der Waals surface area (Å²) in [6.07, 6.45) is -0.301. The van der Waals surface area contributed by atoms with Crippen LogP contribution in [0.15, 0.2) is 29.3 Å². The number of aliphatic imine (C=N–C) groups is 1. The van der Waals surface area contributed by atoms with E-state index < -0.39 is 52.0 Å². The molecule has 2 aliphatic heterocycles. The summed E-state index contributed by atoms with van der Waals surface area (Å²) in [5.41, 5.74) is 6.25. The maximum Gasteiger partial charge on any atom is 0.435 e. The van der Waals surface area contributed by atoms with Gasteiger partial charge in [-0.15, -0.1) is 0 Å². The number of rotatable bonds is 16. The van der Waals surface area contributed by atoms with E-state index in [0.717, 1.165) is 26.2 Å². The number of cyclic esters (lactones) is 1. The van der Waals surface area contributed by atoms with Gasteiger partial charge in [-0.25, -0.2) is 22.7 Å². The number of carbonyl (C=O) groups is 3. The maximum atomic E-state index is 13.0. The molecule has 4 N–H and O–H groups in total. The highest BCUT2D eigenvalue weighted by Crippen LogP contribution is 2.21. The predicted molar refractivity (Wildman–Crippen MR) is 176 cm³/mol. The van der Waals surface area contributed by atoms with Crippen molar-refractivity contribution in [3.05, 3.63) is 29.8 Å². The van der Waals surface area contributed by atoms with Gasteiger partial charge in [0.15, 0.2) is 6.10 Å². The number of amidine groups is 1. The van der Waals surface area contributed by atoms with E-state index in [9.17, 15) is 22.8 Å². The van der Waals surface area contributed by atoms with E-state index in [4.69, 9.17) is 24.7 Å². The molecule has 47 heavy (non-hydrogen) atoms. The summed E-state index contributed by atoms with van der Waals surface area (Å²) in [5.74, 6) is -0.294. The molecule has 15 nitrogen and oxygen atoms in total. The number of esters is 1. The van der Waals surface area contributed by atoms with Crippen LogP contribution in [0.3, 0.4) is 0 Å². The lowest BCUT2D eigenvalue weighted by molar-refractivity contribution is -0.142. The number of sulfonamides is 1. The van der Waals surface area contributed by atoms with E-state index in [1.165, 1.54) is 12.0 Å². The summed E-state index contributed by atoms with van der Waals surface area (Å²) in [5, 5.41) is 3.31. The molecule has 2 fully saturated rings. The van der Waals surface area contributed by atoms with Crippen molar-refractivity contribution in [2.45, 2.75) is 77.2 Å². The Hall–Kier alpha value is -3.47. The first-order valence-electron chi connectivity index (χ1n) is 16.0. The number of unbranched alkanes of at least 4 members (excludes halogenated alkanes) is 1. The fraction of sp³-hybridized carbons (Fsp3) is 0.677. The highest BCUT2D eigenvalue weighted by atomic mass is 32.2. The first kappa shape index (κ1) is 38.0. The summed E-state index contributed by atoms with van der Waals surface area (Å²) >= 11 is 0. The molecule has 2 amide bonds. The standard InChI is InChI=1S/C31H50N6O9S/c1-6-7-18-47(41,42)35-25(28(38)43-5)19-22-8-10-23(11-9-22)44-21-24-20-37(30(40)45-24)26(12-15-36-16-13-33-14-17-36)27(32)34-29(39)46-31(2,3)4/h8-11,24-26,33,35H,6-7,12-21H2,1-5H3,(H2,32,34,39). The highest BCUT2D eigenvalue weighted by molar-refractivity contribution is 7.89. The summed E-state index contributed by atoms with van der Waals surface area (Å²) in [7, 11) is -2.44. The van der Waals surface area contributed by atoms with Gasteiger partial charge in [-0.05, 0) is 57.7 Å². The van der Waals surface area contributed by atoms with E-state index in [-0.39, 0.29) is 31.2 Å². The molecule has 3 atom stereocenters. The molecule has 2 heterocycles. The number of nitrogens with zero attached hydrogens (tertiary/aromatic N) is 3. The van der Waals surface area contributed by atoms with Crippen LogP contribution >= 0.6 is 0 Å². The number of hydrogen-bond donors (Lipinski definition) is 3. The topological polar surface area (TPSA) is 191 Å². The number of ether oxygens (including phenoxy) is 4. The number of methoxy groups -OCH3 is 1. The van der Waals surface area contributed by atoms with Crippen LogP contribution in [0, 0.1) is 0 Å². The first-order valence-corrected chi connectivity index (χ1v) is 17.6. The third kappa shape index (κ3) is 12.9. The smallest absolute Gasteiger partial charge is 0.435 e. The van der Waals surface area contributed by atoms with Gasteiger partial charge in [0, 0.05) is 32.7 Å². The zero-order valence-electron chi connectivity index (χ0n) is 28.0. The van der Waals surface area contributed by atoms with E-state index in [1.54, 1.807) is 45.0 Å². The molecule has 2 aliphatic rings. The number of amides is 2. The van der Waals surface area contributed by atoms with E-state index in [1.807, 2.05) is 6.92 Å². The van der Waals surface area contributed by atoms with Gasteiger partial charge in [-0.2, -0.15) is 4.99 Å². The summed E-state index contributed by atoms with van der Waals surface area (Å²) in [4.78, 5) is 45.4. The third-order valence-corrected chi connectivity index (χ3v) is 9.01. The predicted octanol–water partition coefficient (Wildman–Crippen LogP) is 1.65. The second-order valence-electron chi connectivity index (χ2n) is 12.6. The van der Waals surface area contributed by atoms with Crippen molar-refractivity contribution in [1.29, 1.82) is 0 Å². The average Bonchev–Trinajstić information content (AvgIpc) is 3.38. The number of carbonyl (C=O) groups excluding carboxylic acids is 3. The molecule has 3 unspecified atom stereocenters. The van der Waals surface area contributed by atoms with Crippen molar-refractivity contribution in [3.63, 3.8) is 0 Å². The number of benzene rings is 1. The minimum atomic E-state index is -3.65. The Morgan fingerprint density at radius 2 is 1.87 bits per heavy atom. The van der Waals surface area contributed by atoms with Crippen molar-refractivity contribution >= 4 is 34.0 Å². The van der Waals surface area contributed by atoms with Crippen molar-refractivity contribution < 1.29 is 41.7 Å². The number of nitrogens with two attached hydrogens (primary N) is 1. The minimum Gasteiger partial charge on any atom is -0.490 e. The quantitative estimate of drug-likeness (QED) is 0.0991. The molecule has 1 aromatic rings. The maximum absolute atomic E-state index is 13.0. The average molecular weight is 683 g/mol. The first-order chi connectivity index (χ1) is 22.2. The lowest BCUT2D eigenvalue weighted by Crippen LogP contribution is -2.50. The zero-order chi connectivity index (χ0) is 34.6. The summed E-state index contributed by atoms with van der Waals surface area (Å²) < 4.78 is 48.8. The van der Waals surface area contributed by atoms with E-state index >= 15 is 0 Å². The molecule has 0 aliphatic carbocycles. The SMILES string of the molecule is CCCCS(=O)(=O)NC(Cc1ccc(OCC2CN(C(CCN3CCNCC3)C(N)=NC(=O)OC(C)(C)C)C(=O)O2)cc1)C(=O)OC. The Morgan fingerprint density at radius 1 is 1.19 bits per heavy atom. The van der Waals surface area contributed by atoms with Gasteiger partial charge in [0.05, 0.1) is 25.4 Å². The van der Waals surface area contributed by atoms with Crippen LogP contribution in [0.25, 0.3) is 0 Å². The lowest BCUT2D eigenvalue weighted by atomic mass is 10.1. The zero-order valence-corrected chi connectivity index (χ0v) is 28.8. The van der Waals surface area contributed by atoms with Crippen LogP contribution in [-0.4, -0.2) is 125 Å². The van der Waals surface area contributed by atoms with Crippen molar-refractivity contribution in [3.8, 4) is 5.75 Å². The number of hydrogen-bond acceptors (Lipinski definition) is 11. The van der Waals surface area contributed by atoms with Gasteiger partial charge in [-0.1, -0.05) is 25.5 Å². The number of nitrogens with one attached hydrogen (secondary N) is 2. The molecule has 1 aromatic carbocycles. The molecular weight excluding hydrogens is 632 g/mol. The van der Waals surface area contributed by atoms with Gasteiger partial charge in [-0.3, -0.25) is 9.69 Å². The second kappa shape index (κ2) is 17.6. The Balaban J connectivity index is 1.62. The van der Waals surface area contributed by atoms with Crippen LogP contribution in [-0.2, 0) is 35.4 Å². The minimum absolute atomic E-state index is 0.0265. The van der Waals surface area contributed by atoms with Gasteiger partial charge in [0.2, 0.25) is 10.0 Å². The van der Waals surface area contributed by atoms with Crippen LogP contribution in [0.5, 0.6) is 5.75 Å². The fourth-order valence-corrected chi connectivity index (χ4v) is 6.52. The molecule has 0 bridgehead atoms. The monoisotopic (exact) mass is 682 g/mol. The molecule has 0 radical (unpaired) electrons. The van der Waals surface area contributed by atoms with Gasteiger partial charge < -0.3 is 34.9 Å². The van der Waals surface area contributed by atoms with Gasteiger partial charge in [0.1, 0.15) is 29.8 Å². The lowest BCUT2D eigenvalue weighted by Gasteiger charge is -2.31. The van der Waals surface area contributed by atoms with Gasteiger partial charge >= 0.3 is 18.2 Å². The van der Waals surface area contributed by atoms with Crippen molar-refractivity contribution in [2.24, 2.45) is 10.7 Å². The molecule has 2 saturated heterocycles. The highest BCUT2D eigenvalue weighted by Gasteiger charge is 2.39. The molecule has 0 aromatic heterocycles. The Bertz CT molecular complexity index is 1330. The Kier molecular flexibility index (Phi) is 14.2. The Morgan fingerprint density at radius 3 is 2.49 bits per heavy atom. The van der Waals surface area contributed by atoms with Gasteiger partial charge in [0.25, 0.3) is 0 Å². The normalized spacial score (nSPS) is 19.2. The second-order valence-corrected chi connectivity index (χ2v) is 14.5. The molecule has 0 spiro atoms. The van der Waals surface area contributed by atoms with E-state index in [0.29, 0.717) is 37.1 Å². The van der Waals surface area contributed by atoms with Crippen LogP contribution in [0.4, 0.5) is 9.59 Å². The molecule has 16 heteroatoms. The molecule has 264 valence electrons. The largest absolute Gasteiger partial charge is 0.490 e. The summed E-state index contributed by atoms with van der Waals surface area (Å²) in [6.45, 7) is 11.4. The summed E-state index contributed by atoms with van der Waals surface area (Å²) in [6, 6.07) is 5.06. The van der Waals surface area contributed by atoms with Crippen LogP contribution < -0.4 is 20.5 Å². The van der Waals surface area contributed by atoms with Crippen molar-refractivity contribution in [1.82, 2.24) is 19.8 Å². The Labute approximate surface area is 277 Å².